The van der Waals surface area contributed by atoms with Crippen molar-refractivity contribution in [1.82, 2.24) is 0 Å². The molecule has 80 valence electrons. The van der Waals surface area contributed by atoms with Crippen LogP contribution in [0.4, 0.5) is 0 Å². The quantitative estimate of drug-likeness (QED) is 0.700. The zero-order valence-corrected chi connectivity index (χ0v) is 11.3. The molecule has 0 fully saturated rings. The van der Waals surface area contributed by atoms with Gasteiger partial charge in [0.25, 0.3) is 0 Å². The molecule has 0 aliphatic carbocycles. The molecule has 7 heteroatoms. The standard InChI is InChI=1S/C6H12Cl2O2S3/c1-11-5(3-7)13(9,10)6(4-8)12-2/h5-6H,3-4H2,1-2H3. The van der Waals surface area contributed by atoms with Crippen LogP contribution in [0.1, 0.15) is 0 Å². The van der Waals surface area contributed by atoms with E-state index >= 15 is 0 Å². The number of hydrogen-bond acceptors (Lipinski definition) is 4. The topological polar surface area (TPSA) is 34.1 Å². The van der Waals surface area contributed by atoms with Crippen LogP contribution in [0.5, 0.6) is 0 Å². The van der Waals surface area contributed by atoms with Crippen LogP contribution in [0.2, 0.25) is 0 Å². The van der Waals surface area contributed by atoms with E-state index in [1.165, 1.54) is 23.5 Å². The molecule has 0 radical (unpaired) electrons. The first-order valence-corrected chi connectivity index (χ1v) is 8.70. The summed E-state index contributed by atoms with van der Waals surface area (Å²) in [5.74, 6) is 0.217. The fraction of sp³-hybridized carbons (Fsp3) is 1.00. The van der Waals surface area contributed by atoms with Gasteiger partial charge in [0.1, 0.15) is 9.16 Å². The van der Waals surface area contributed by atoms with E-state index in [1.807, 2.05) is 0 Å². The second-order valence-corrected chi connectivity index (χ2v) is 7.84. The molecule has 0 aromatic heterocycles. The van der Waals surface area contributed by atoms with E-state index < -0.39 is 19.0 Å². The third-order valence-corrected chi connectivity index (χ3v) is 8.81. The average molecular weight is 283 g/mol. The molecule has 2 atom stereocenters. The van der Waals surface area contributed by atoms with Crippen molar-refractivity contribution in [3.63, 3.8) is 0 Å². The molecule has 0 aromatic rings. The number of hydrogen-bond donors (Lipinski definition) is 0. The monoisotopic (exact) mass is 282 g/mol. The number of sulfone groups is 1. The van der Waals surface area contributed by atoms with Gasteiger partial charge in [0.2, 0.25) is 0 Å². The summed E-state index contributed by atoms with van der Waals surface area (Å²) in [6.45, 7) is 0. The lowest BCUT2D eigenvalue weighted by Gasteiger charge is -2.18. The molecular weight excluding hydrogens is 271 g/mol. The van der Waals surface area contributed by atoms with Gasteiger partial charge in [-0.05, 0) is 12.5 Å². The molecule has 0 aliphatic rings. The fourth-order valence-electron chi connectivity index (χ4n) is 0.739. The van der Waals surface area contributed by atoms with Crippen LogP contribution < -0.4 is 0 Å². The second-order valence-electron chi connectivity index (χ2n) is 2.23. The molecule has 0 saturated heterocycles. The van der Waals surface area contributed by atoms with Crippen LogP contribution in [0.25, 0.3) is 0 Å². The van der Waals surface area contributed by atoms with Crippen LogP contribution in [-0.4, -0.2) is 41.9 Å². The molecule has 0 amide bonds. The largest absolute Gasteiger partial charge is 0.226 e. The van der Waals surface area contributed by atoms with Gasteiger partial charge in [-0.2, -0.15) is 0 Å². The van der Waals surface area contributed by atoms with Crippen molar-refractivity contribution in [2.24, 2.45) is 0 Å². The minimum Gasteiger partial charge on any atom is -0.226 e. The lowest BCUT2D eigenvalue weighted by atomic mass is 10.9. The molecule has 0 aliphatic heterocycles. The number of alkyl halides is 2. The lowest BCUT2D eigenvalue weighted by Crippen LogP contribution is -2.30. The SMILES string of the molecule is CSC(CCl)S(=O)(=O)C(CCl)SC. The van der Waals surface area contributed by atoms with Crippen molar-refractivity contribution in [3.8, 4) is 0 Å². The first-order chi connectivity index (χ1) is 6.04. The molecule has 0 saturated carbocycles. The third kappa shape index (κ3) is 3.70. The van der Waals surface area contributed by atoms with Gasteiger partial charge in [-0.15, -0.1) is 46.7 Å². The first kappa shape index (κ1) is 14.2. The van der Waals surface area contributed by atoms with Gasteiger partial charge in [0.15, 0.2) is 9.84 Å². The highest BCUT2D eigenvalue weighted by Gasteiger charge is 2.31. The van der Waals surface area contributed by atoms with Gasteiger partial charge in [0, 0.05) is 11.8 Å². The Morgan fingerprint density at radius 3 is 1.54 bits per heavy atom. The molecule has 2 unspecified atom stereocenters. The molecule has 0 N–H and O–H groups in total. The highest BCUT2D eigenvalue weighted by atomic mass is 35.5. The second kappa shape index (κ2) is 6.67. The van der Waals surface area contributed by atoms with Crippen molar-refractivity contribution in [2.75, 3.05) is 24.3 Å². The zero-order chi connectivity index (χ0) is 10.5. The van der Waals surface area contributed by atoms with Crippen molar-refractivity contribution in [3.05, 3.63) is 0 Å². The van der Waals surface area contributed by atoms with E-state index in [4.69, 9.17) is 23.2 Å². The maximum absolute atomic E-state index is 11.7. The molecule has 0 heterocycles. The van der Waals surface area contributed by atoms with Crippen LogP contribution in [-0.2, 0) is 9.84 Å². The van der Waals surface area contributed by atoms with E-state index in [1.54, 1.807) is 12.5 Å². The molecule has 0 rings (SSSR count). The predicted molar refractivity (Wildman–Crippen MR) is 65.0 cm³/mol. The van der Waals surface area contributed by atoms with Gasteiger partial charge in [0.05, 0.1) is 0 Å². The maximum Gasteiger partial charge on any atom is 0.176 e. The van der Waals surface area contributed by atoms with Crippen LogP contribution in [0, 0.1) is 0 Å². The Hall–Kier alpha value is 1.23. The first-order valence-electron chi connectivity index (χ1n) is 3.44. The van der Waals surface area contributed by atoms with Crippen LogP contribution in [0.3, 0.4) is 0 Å². The highest BCUT2D eigenvalue weighted by molar-refractivity contribution is 8.20. The van der Waals surface area contributed by atoms with E-state index in [0.717, 1.165) is 0 Å². The van der Waals surface area contributed by atoms with Gasteiger partial charge >= 0.3 is 0 Å². The third-order valence-electron chi connectivity index (χ3n) is 1.51. The Labute approximate surface area is 98.0 Å². The van der Waals surface area contributed by atoms with E-state index in [0.29, 0.717) is 0 Å². The molecule has 0 bridgehead atoms. The Morgan fingerprint density at radius 2 is 1.38 bits per heavy atom. The highest BCUT2D eigenvalue weighted by Crippen LogP contribution is 2.26. The van der Waals surface area contributed by atoms with Crippen molar-refractivity contribution < 1.29 is 8.42 Å². The van der Waals surface area contributed by atoms with Crippen molar-refractivity contribution in [1.29, 1.82) is 0 Å². The van der Waals surface area contributed by atoms with E-state index in [2.05, 4.69) is 0 Å². The fourth-order valence-corrected chi connectivity index (χ4v) is 6.65. The van der Waals surface area contributed by atoms with Crippen LogP contribution in [0.15, 0.2) is 0 Å². The zero-order valence-electron chi connectivity index (χ0n) is 7.37. The maximum atomic E-state index is 11.7. The normalized spacial score (nSPS) is 16.9. The summed E-state index contributed by atoms with van der Waals surface area (Å²) in [4.78, 5) is 0. The Kier molecular flexibility index (Phi) is 7.30. The van der Waals surface area contributed by atoms with Crippen molar-refractivity contribution in [2.45, 2.75) is 9.16 Å². The van der Waals surface area contributed by atoms with Gasteiger partial charge in [-0.1, -0.05) is 0 Å². The molecule has 13 heavy (non-hydrogen) atoms. The summed E-state index contributed by atoms with van der Waals surface area (Å²) in [5, 5.41) is 0. The summed E-state index contributed by atoms with van der Waals surface area (Å²) in [7, 11) is -3.20. The van der Waals surface area contributed by atoms with Crippen molar-refractivity contribution >= 4 is 56.6 Å². The predicted octanol–water partition coefficient (Wildman–Crippen LogP) is 2.26. The van der Waals surface area contributed by atoms with Gasteiger partial charge < -0.3 is 0 Å². The number of rotatable bonds is 6. The van der Waals surface area contributed by atoms with E-state index in [9.17, 15) is 8.42 Å². The summed E-state index contributed by atoms with van der Waals surface area (Å²) in [6.07, 6.45) is 3.46. The Bertz CT molecular complexity index is 204. The number of thioether (sulfide) groups is 2. The summed E-state index contributed by atoms with van der Waals surface area (Å²) in [5.41, 5.74) is 0. The van der Waals surface area contributed by atoms with Gasteiger partial charge in [-0.3, -0.25) is 0 Å². The van der Waals surface area contributed by atoms with Gasteiger partial charge in [-0.25, -0.2) is 8.42 Å². The molecule has 0 spiro atoms. The van der Waals surface area contributed by atoms with Crippen LogP contribution >= 0.6 is 46.7 Å². The smallest absolute Gasteiger partial charge is 0.176 e. The lowest BCUT2D eigenvalue weighted by molar-refractivity contribution is 0.594. The van der Waals surface area contributed by atoms with E-state index in [-0.39, 0.29) is 11.8 Å². The Morgan fingerprint density at radius 1 is 1.08 bits per heavy atom. The molecular formula is C6H12Cl2O2S3. The molecule has 2 nitrogen and oxygen atoms in total. The number of halogens is 2. The molecule has 0 aromatic carbocycles. The Balaban J connectivity index is 4.71. The minimum absolute atomic E-state index is 0.109. The summed E-state index contributed by atoms with van der Waals surface area (Å²) < 4.78 is 22.4. The average Bonchev–Trinajstić information content (AvgIpc) is 2.07. The summed E-state index contributed by atoms with van der Waals surface area (Å²) >= 11 is 13.6. The minimum atomic E-state index is -3.20. The summed E-state index contributed by atoms with van der Waals surface area (Å²) in [6, 6.07) is 0.